The van der Waals surface area contributed by atoms with E-state index in [1.54, 1.807) is 27.7 Å². The van der Waals surface area contributed by atoms with Crippen molar-refractivity contribution in [3.05, 3.63) is 0 Å². The molecule has 0 rings (SSSR count). The van der Waals surface area contributed by atoms with Crippen LogP contribution in [0.2, 0.25) is 0 Å². The summed E-state index contributed by atoms with van der Waals surface area (Å²) in [6, 6.07) is 0. The molecule has 2 N–H and O–H groups in total. The first-order valence-electron chi connectivity index (χ1n) is 5.55. The summed E-state index contributed by atoms with van der Waals surface area (Å²) in [5, 5.41) is 12.5. The Balaban J connectivity index is 4.31. The van der Waals surface area contributed by atoms with Gasteiger partial charge in [0.25, 0.3) is 0 Å². The standard InChI is InChI=1S/C11H25NO3S/c1-9(13)11(5,6)12-7-8-16(14,15)10(2,3)4/h9,12-13H,7-8H2,1-6H3. The molecule has 0 aliphatic carbocycles. The molecule has 0 saturated carbocycles. The van der Waals surface area contributed by atoms with Gasteiger partial charge < -0.3 is 10.4 Å². The average Bonchev–Trinajstić information content (AvgIpc) is 2.00. The lowest BCUT2D eigenvalue weighted by molar-refractivity contribution is 0.0983. The van der Waals surface area contributed by atoms with Crippen molar-refractivity contribution in [2.75, 3.05) is 12.3 Å². The number of hydrogen-bond donors (Lipinski definition) is 2. The largest absolute Gasteiger partial charge is 0.392 e. The molecular weight excluding hydrogens is 226 g/mol. The van der Waals surface area contributed by atoms with Crippen LogP contribution >= 0.6 is 0 Å². The SMILES string of the molecule is CC(O)C(C)(C)NCCS(=O)(=O)C(C)(C)C. The average molecular weight is 251 g/mol. The third-order valence-corrected chi connectivity index (χ3v) is 5.54. The highest BCUT2D eigenvalue weighted by molar-refractivity contribution is 7.92. The van der Waals surface area contributed by atoms with E-state index >= 15 is 0 Å². The maximum Gasteiger partial charge on any atom is 0.156 e. The lowest BCUT2D eigenvalue weighted by Crippen LogP contribution is -2.50. The van der Waals surface area contributed by atoms with E-state index in [0.29, 0.717) is 6.54 Å². The van der Waals surface area contributed by atoms with Crippen molar-refractivity contribution in [3.8, 4) is 0 Å². The van der Waals surface area contributed by atoms with Crippen molar-refractivity contribution in [2.45, 2.75) is 57.9 Å². The molecule has 0 aliphatic heterocycles. The Kier molecular flexibility index (Phi) is 4.98. The number of aliphatic hydroxyl groups is 1. The molecule has 0 saturated heterocycles. The van der Waals surface area contributed by atoms with Crippen LogP contribution in [0.15, 0.2) is 0 Å². The van der Waals surface area contributed by atoms with E-state index in [1.165, 1.54) is 0 Å². The minimum absolute atomic E-state index is 0.0899. The lowest BCUT2D eigenvalue weighted by Gasteiger charge is -2.30. The Hall–Kier alpha value is -0.130. The van der Waals surface area contributed by atoms with Crippen LogP contribution in [0.25, 0.3) is 0 Å². The number of sulfone groups is 1. The van der Waals surface area contributed by atoms with E-state index in [0.717, 1.165) is 0 Å². The van der Waals surface area contributed by atoms with Gasteiger partial charge in [0.15, 0.2) is 9.84 Å². The first-order valence-corrected chi connectivity index (χ1v) is 7.21. The summed E-state index contributed by atoms with van der Waals surface area (Å²) >= 11 is 0. The van der Waals surface area contributed by atoms with Gasteiger partial charge in [0.2, 0.25) is 0 Å². The van der Waals surface area contributed by atoms with E-state index in [1.807, 2.05) is 13.8 Å². The third kappa shape index (κ3) is 4.39. The van der Waals surface area contributed by atoms with Crippen molar-refractivity contribution < 1.29 is 13.5 Å². The molecule has 0 aromatic heterocycles. The summed E-state index contributed by atoms with van der Waals surface area (Å²) in [6.45, 7) is 10.8. The fraction of sp³-hybridized carbons (Fsp3) is 1.00. The zero-order valence-electron chi connectivity index (χ0n) is 11.2. The Morgan fingerprint density at radius 3 is 1.94 bits per heavy atom. The van der Waals surface area contributed by atoms with Gasteiger partial charge in [0.1, 0.15) is 0 Å². The molecule has 16 heavy (non-hydrogen) atoms. The summed E-state index contributed by atoms with van der Waals surface area (Å²) in [4.78, 5) is 0. The molecule has 0 aliphatic rings. The predicted octanol–water partition coefficient (Wildman–Crippen LogP) is 0.949. The first-order chi connectivity index (χ1) is 6.90. The van der Waals surface area contributed by atoms with E-state index in [2.05, 4.69) is 5.32 Å². The maximum atomic E-state index is 11.8. The smallest absolute Gasteiger partial charge is 0.156 e. The molecule has 0 bridgehead atoms. The zero-order chi connectivity index (χ0) is 13.2. The number of hydrogen-bond acceptors (Lipinski definition) is 4. The molecule has 5 heteroatoms. The van der Waals surface area contributed by atoms with Gasteiger partial charge in [0.05, 0.1) is 16.6 Å². The van der Waals surface area contributed by atoms with Crippen molar-refractivity contribution >= 4 is 9.84 Å². The summed E-state index contributed by atoms with van der Waals surface area (Å²) in [6.07, 6.45) is -0.523. The highest BCUT2D eigenvalue weighted by Gasteiger charge is 2.30. The van der Waals surface area contributed by atoms with Crippen LogP contribution in [0.4, 0.5) is 0 Å². The summed E-state index contributed by atoms with van der Waals surface area (Å²) in [7, 11) is -3.09. The van der Waals surface area contributed by atoms with Crippen molar-refractivity contribution in [1.82, 2.24) is 5.32 Å². The van der Waals surface area contributed by atoms with Gasteiger partial charge in [-0.3, -0.25) is 0 Å². The second-order valence-electron chi connectivity index (χ2n) is 5.76. The fourth-order valence-corrected chi connectivity index (χ4v) is 1.94. The Morgan fingerprint density at radius 1 is 1.19 bits per heavy atom. The van der Waals surface area contributed by atoms with Crippen LogP contribution in [-0.2, 0) is 9.84 Å². The molecule has 0 heterocycles. The highest BCUT2D eigenvalue weighted by Crippen LogP contribution is 2.16. The molecule has 4 nitrogen and oxygen atoms in total. The molecule has 0 amide bonds. The Labute approximate surface area is 99.4 Å². The molecule has 0 aromatic carbocycles. The summed E-state index contributed by atoms with van der Waals surface area (Å²) < 4.78 is 22.9. The Morgan fingerprint density at radius 2 is 1.62 bits per heavy atom. The number of nitrogens with one attached hydrogen (secondary N) is 1. The molecule has 0 fully saturated rings. The molecular formula is C11H25NO3S. The number of rotatable bonds is 5. The van der Waals surface area contributed by atoms with Crippen molar-refractivity contribution in [1.29, 1.82) is 0 Å². The summed E-state index contributed by atoms with van der Waals surface area (Å²) in [5.74, 6) is 0.0899. The van der Waals surface area contributed by atoms with Crippen LogP contribution in [-0.4, -0.2) is 42.2 Å². The van der Waals surface area contributed by atoms with Crippen LogP contribution in [0.5, 0.6) is 0 Å². The third-order valence-electron chi connectivity index (χ3n) is 2.93. The fourth-order valence-electron chi connectivity index (χ4n) is 0.961. The van der Waals surface area contributed by atoms with Gasteiger partial charge in [-0.1, -0.05) is 0 Å². The van der Waals surface area contributed by atoms with Gasteiger partial charge in [-0.15, -0.1) is 0 Å². The van der Waals surface area contributed by atoms with E-state index < -0.39 is 26.2 Å². The van der Waals surface area contributed by atoms with Crippen LogP contribution in [0, 0.1) is 0 Å². The predicted molar refractivity (Wildman–Crippen MR) is 67.3 cm³/mol. The molecule has 0 radical (unpaired) electrons. The maximum absolute atomic E-state index is 11.8. The van der Waals surface area contributed by atoms with Gasteiger partial charge in [-0.25, -0.2) is 8.42 Å². The second-order valence-corrected chi connectivity index (χ2v) is 8.62. The van der Waals surface area contributed by atoms with E-state index in [4.69, 9.17) is 0 Å². The minimum Gasteiger partial charge on any atom is -0.392 e. The lowest BCUT2D eigenvalue weighted by atomic mass is 9.99. The van der Waals surface area contributed by atoms with Gasteiger partial charge in [0, 0.05) is 12.1 Å². The van der Waals surface area contributed by atoms with E-state index in [-0.39, 0.29) is 5.75 Å². The Bertz CT molecular complexity index is 313. The zero-order valence-corrected chi connectivity index (χ0v) is 12.0. The monoisotopic (exact) mass is 251 g/mol. The highest BCUT2D eigenvalue weighted by atomic mass is 32.2. The quantitative estimate of drug-likeness (QED) is 0.763. The molecule has 0 aromatic rings. The van der Waals surface area contributed by atoms with Crippen LogP contribution < -0.4 is 5.32 Å². The van der Waals surface area contributed by atoms with Crippen LogP contribution in [0.3, 0.4) is 0 Å². The second kappa shape index (κ2) is 5.02. The topological polar surface area (TPSA) is 66.4 Å². The molecule has 1 unspecified atom stereocenters. The van der Waals surface area contributed by atoms with Gasteiger partial charge >= 0.3 is 0 Å². The van der Waals surface area contributed by atoms with Crippen LogP contribution in [0.1, 0.15) is 41.5 Å². The van der Waals surface area contributed by atoms with Crippen molar-refractivity contribution in [3.63, 3.8) is 0 Å². The number of aliphatic hydroxyl groups excluding tert-OH is 1. The molecule has 1 atom stereocenters. The molecule has 98 valence electrons. The van der Waals surface area contributed by atoms with E-state index in [9.17, 15) is 13.5 Å². The van der Waals surface area contributed by atoms with Crippen molar-refractivity contribution in [2.24, 2.45) is 0 Å². The summed E-state index contributed by atoms with van der Waals surface area (Å²) in [5.41, 5.74) is -0.465. The van der Waals surface area contributed by atoms with Gasteiger partial charge in [-0.2, -0.15) is 0 Å². The molecule has 0 spiro atoms. The van der Waals surface area contributed by atoms with Gasteiger partial charge in [-0.05, 0) is 41.5 Å². The normalized spacial score (nSPS) is 16.2. The minimum atomic E-state index is -3.09. The first kappa shape index (κ1) is 15.9.